The molecule has 0 atom stereocenters. The molecule has 3 aromatic rings. The van der Waals surface area contributed by atoms with Crippen molar-refractivity contribution in [1.29, 1.82) is 0 Å². The van der Waals surface area contributed by atoms with Crippen LogP contribution in [0.25, 0.3) is 5.69 Å². The van der Waals surface area contributed by atoms with Gasteiger partial charge in [-0.25, -0.2) is 9.07 Å². The number of ether oxygens (including phenoxy) is 1. The molecule has 2 heterocycles. The molecule has 1 fully saturated rings. The third-order valence-corrected chi connectivity index (χ3v) is 4.95. The summed E-state index contributed by atoms with van der Waals surface area (Å²) in [6, 6.07) is 12.7. The molecule has 154 valence electrons. The lowest BCUT2D eigenvalue weighted by Gasteiger charge is -2.28. The summed E-state index contributed by atoms with van der Waals surface area (Å²) in [4.78, 5) is 26.7. The maximum absolute atomic E-state index is 13.4. The fourth-order valence-corrected chi connectivity index (χ4v) is 3.44. The number of carbonyl (C=O) groups is 2. The van der Waals surface area contributed by atoms with Crippen LogP contribution in [0.4, 0.5) is 15.8 Å². The van der Waals surface area contributed by atoms with Crippen molar-refractivity contribution in [1.82, 2.24) is 9.78 Å². The molecule has 2 aromatic carbocycles. The first-order chi connectivity index (χ1) is 14.5. The van der Waals surface area contributed by atoms with Crippen LogP contribution in [0.15, 0.2) is 54.7 Å². The Kier molecular flexibility index (Phi) is 5.47. The predicted octanol–water partition coefficient (Wildman–Crippen LogP) is 3.79. The number of halogens is 1. The summed E-state index contributed by atoms with van der Waals surface area (Å²) in [5.41, 5.74) is 1.86. The molecular weight excluding hydrogens is 387 g/mol. The molecule has 8 heteroatoms. The second-order valence-electron chi connectivity index (χ2n) is 6.97. The Balaban J connectivity index is 1.55. The van der Waals surface area contributed by atoms with Crippen LogP contribution < -0.4 is 15.0 Å². The Labute approximate surface area is 173 Å². The van der Waals surface area contributed by atoms with Gasteiger partial charge >= 0.3 is 0 Å². The lowest BCUT2D eigenvalue weighted by atomic mass is 10.1. The minimum absolute atomic E-state index is 0.0388. The average molecular weight is 408 g/mol. The van der Waals surface area contributed by atoms with Gasteiger partial charge in [0.05, 0.1) is 18.5 Å². The van der Waals surface area contributed by atoms with Gasteiger partial charge in [0, 0.05) is 24.8 Å². The number of aromatic nitrogens is 2. The van der Waals surface area contributed by atoms with E-state index in [-0.39, 0.29) is 17.4 Å². The van der Waals surface area contributed by atoms with Crippen LogP contribution >= 0.6 is 0 Å². The van der Waals surface area contributed by atoms with Gasteiger partial charge in [-0.3, -0.25) is 9.59 Å². The average Bonchev–Trinajstić information content (AvgIpc) is 3.25. The number of benzene rings is 2. The molecule has 0 saturated carbocycles. The van der Waals surface area contributed by atoms with Crippen LogP contribution in [0, 0.1) is 5.82 Å². The van der Waals surface area contributed by atoms with E-state index in [2.05, 4.69) is 10.4 Å². The normalized spacial score (nSPS) is 13.9. The lowest BCUT2D eigenvalue weighted by molar-refractivity contribution is -0.119. The summed E-state index contributed by atoms with van der Waals surface area (Å²) in [5, 5.41) is 7.02. The fourth-order valence-electron chi connectivity index (χ4n) is 3.44. The van der Waals surface area contributed by atoms with Crippen molar-refractivity contribution >= 4 is 23.2 Å². The number of hydrogen-bond acceptors (Lipinski definition) is 4. The predicted molar refractivity (Wildman–Crippen MR) is 111 cm³/mol. The van der Waals surface area contributed by atoms with Gasteiger partial charge in [0.1, 0.15) is 11.6 Å². The van der Waals surface area contributed by atoms with Crippen molar-refractivity contribution < 1.29 is 18.7 Å². The van der Waals surface area contributed by atoms with Crippen LogP contribution in [0.2, 0.25) is 0 Å². The van der Waals surface area contributed by atoms with Crippen LogP contribution in [0.5, 0.6) is 5.75 Å². The second-order valence-corrected chi connectivity index (χ2v) is 6.97. The maximum Gasteiger partial charge on any atom is 0.276 e. The summed E-state index contributed by atoms with van der Waals surface area (Å²) in [6.07, 6.45) is 3.89. The molecule has 7 nitrogen and oxygen atoms in total. The summed E-state index contributed by atoms with van der Waals surface area (Å²) in [6.45, 7) is 0.616. The molecule has 0 aliphatic carbocycles. The maximum atomic E-state index is 13.4. The third kappa shape index (κ3) is 4.03. The molecule has 0 unspecified atom stereocenters. The van der Waals surface area contributed by atoms with Gasteiger partial charge in [-0.15, -0.1) is 0 Å². The molecule has 0 spiro atoms. The number of piperidine rings is 1. The summed E-state index contributed by atoms with van der Waals surface area (Å²) < 4.78 is 20.3. The van der Waals surface area contributed by atoms with Crippen molar-refractivity contribution in [2.75, 3.05) is 23.9 Å². The Bertz CT molecular complexity index is 1100. The van der Waals surface area contributed by atoms with Gasteiger partial charge in [-0.2, -0.15) is 5.10 Å². The highest BCUT2D eigenvalue weighted by atomic mass is 19.1. The Morgan fingerprint density at radius 3 is 2.80 bits per heavy atom. The van der Waals surface area contributed by atoms with E-state index < -0.39 is 5.91 Å². The topological polar surface area (TPSA) is 76.5 Å². The highest BCUT2D eigenvalue weighted by molar-refractivity contribution is 6.04. The fraction of sp³-hybridized carbons (Fsp3) is 0.227. The summed E-state index contributed by atoms with van der Waals surface area (Å²) in [5.74, 6) is -0.186. The number of nitrogens with zero attached hydrogens (tertiary/aromatic N) is 3. The summed E-state index contributed by atoms with van der Waals surface area (Å²) in [7, 11) is 1.55. The monoisotopic (exact) mass is 408 g/mol. The van der Waals surface area contributed by atoms with Gasteiger partial charge in [0.25, 0.3) is 5.91 Å². The molecule has 1 aromatic heterocycles. The third-order valence-electron chi connectivity index (χ3n) is 4.95. The van der Waals surface area contributed by atoms with Crippen molar-refractivity contribution in [2.45, 2.75) is 19.3 Å². The molecule has 1 aliphatic heterocycles. The van der Waals surface area contributed by atoms with E-state index in [0.29, 0.717) is 35.8 Å². The molecule has 0 radical (unpaired) electrons. The van der Waals surface area contributed by atoms with E-state index in [1.807, 2.05) is 0 Å². The molecule has 1 N–H and O–H groups in total. The van der Waals surface area contributed by atoms with E-state index in [4.69, 9.17) is 4.74 Å². The minimum atomic E-state index is -0.411. The quantitative estimate of drug-likeness (QED) is 0.697. The van der Waals surface area contributed by atoms with Crippen molar-refractivity contribution in [2.24, 2.45) is 0 Å². The zero-order chi connectivity index (χ0) is 21.1. The van der Waals surface area contributed by atoms with E-state index in [0.717, 1.165) is 12.8 Å². The first-order valence-electron chi connectivity index (χ1n) is 9.66. The van der Waals surface area contributed by atoms with Gasteiger partial charge in [0.2, 0.25) is 5.91 Å². The molecule has 2 amide bonds. The highest BCUT2D eigenvalue weighted by Gasteiger charge is 2.23. The Morgan fingerprint density at radius 2 is 2.03 bits per heavy atom. The van der Waals surface area contributed by atoms with Gasteiger partial charge in [0.15, 0.2) is 5.69 Å². The van der Waals surface area contributed by atoms with E-state index in [1.165, 1.54) is 16.8 Å². The van der Waals surface area contributed by atoms with Crippen molar-refractivity contribution in [3.63, 3.8) is 0 Å². The zero-order valence-electron chi connectivity index (χ0n) is 16.5. The molecule has 4 rings (SSSR count). The van der Waals surface area contributed by atoms with Gasteiger partial charge in [-0.05, 0) is 55.3 Å². The number of anilines is 2. The first kappa shape index (κ1) is 19.6. The Morgan fingerprint density at radius 1 is 1.17 bits per heavy atom. The van der Waals surface area contributed by atoms with Crippen LogP contribution in [-0.4, -0.2) is 35.2 Å². The SMILES string of the molecule is COc1ccc(NC(=O)c2ccn(-c3cccc(F)c3)n2)cc1N1CCCCC1=O. The molecule has 1 aliphatic rings. The number of nitrogens with one attached hydrogen (secondary N) is 1. The lowest BCUT2D eigenvalue weighted by Crippen LogP contribution is -2.35. The molecule has 0 bridgehead atoms. The largest absolute Gasteiger partial charge is 0.495 e. The van der Waals surface area contributed by atoms with Crippen molar-refractivity contribution in [3.8, 4) is 11.4 Å². The first-order valence-corrected chi connectivity index (χ1v) is 9.66. The summed E-state index contributed by atoms with van der Waals surface area (Å²) >= 11 is 0. The number of carbonyl (C=O) groups excluding carboxylic acids is 2. The number of hydrogen-bond donors (Lipinski definition) is 1. The van der Waals surface area contributed by atoms with Gasteiger partial charge < -0.3 is 15.0 Å². The molecular formula is C22H21FN4O3. The van der Waals surface area contributed by atoms with Crippen molar-refractivity contribution in [3.05, 3.63) is 66.2 Å². The minimum Gasteiger partial charge on any atom is -0.495 e. The standard InChI is InChI=1S/C22H21FN4O3/c1-30-20-9-8-16(14-19(20)26-11-3-2-7-21(26)28)24-22(29)18-10-12-27(25-18)17-6-4-5-15(23)13-17/h4-6,8-10,12-14H,2-3,7,11H2,1H3,(H,24,29). The molecule has 30 heavy (non-hydrogen) atoms. The zero-order valence-corrected chi connectivity index (χ0v) is 16.5. The number of amides is 2. The van der Waals surface area contributed by atoms with Crippen LogP contribution in [0.3, 0.4) is 0 Å². The number of rotatable bonds is 5. The van der Waals surface area contributed by atoms with E-state index in [9.17, 15) is 14.0 Å². The van der Waals surface area contributed by atoms with Crippen LogP contribution in [0.1, 0.15) is 29.8 Å². The Hall–Kier alpha value is -3.68. The second kappa shape index (κ2) is 8.36. The van der Waals surface area contributed by atoms with Crippen LogP contribution in [-0.2, 0) is 4.79 Å². The number of methoxy groups -OCH3 is 1. The molecule has 1 saturated heterocycles. The highest BCUT2D eigenvalue weighted by Crippen LogP contribution is 2.33. The van der Waals surface area contributed by atoms with Gasteiger partial charge in [-0.1, -0.05) is 6.07 Å². The smallest absolute Gasteiger partial charge is 0.276 e. The van der Waals surface area contributed by atoms with E-state index in [1.54, 1.807) is 54.6 Å². The van der Waals surface area contributed by atoms with E-state index >= 15 is 0 Å².